The van der Waals surface area contributed by atoms with E-state index in [4.69, 9.17) is 5.26 Å². The van der Waals surface area contributed by atoms with Crippen LogP contribution in [0.2, 0.25) is 0 Å². The van der Waals surface area contributed by atoms with Gasteiger partial charge in [0, 0.05) is 0 Å². The summed E-state index contributed by atoms with van der Waals surface area (Å²) in [6.07, 6.45) is 1.37. The largest absolute Gasteiger partial charge is 0.228 e. The maximum atomic E-state index is 13.0. The zero-order valence-electron chi connectivity index (χ0n) is 9.61. The lowest BCUT2D eigenvalue weighted by molar-refractivity contribution is 0.591. The standard InChI is InChI=1S/C12H14FNO2S/c1-2-3-6-17(15,16)9-11-7-12(13)5-4-10(11)8-14/h4-5,7H,2-3,6,9H2,1H3. The van der Waals surface area contributed by atoms with Crippen LogP contribution in [0.25, 0.3) is 0 Å². The van der Waals surface area contributed by atoms with Crippen molar-refractivity contribution >= 4 is 9.84 Å². The van der Waals surface area contributed by atoms with Crippen LogP contribution in [-0.4, -0.2) is 14.2 Å². The van der Waals surface area contributed by atoms with Crippen LogP contribution in [0.5, 0.6) is 0 Å². The van der Waals surface area contributed by atoms with Crippen molar-refractivity contribution in [1.82, 2.24) is 0 Å². The molecule has 0 heterocycles. The first kappa shape index (κ1) is 13.7. The van der Waals surface area contributed by atoms with Crippen LogP contribution in [0, 0.1) is 17.1 Å². The van der Waals surface area contributed by atoms with E-state index in [1.165, 1.54) is 6.07 Å². The van der Waals surface area contributed by atoms with Gasteiger partial charge >= 0.3 is 0 Å². The van der Waals surface area contributed by atoms with Gasteiger partial charge in [0.15, 0.2) is 9.84 Å². The molecule has 1 rings (SSSR count). The fraction of sp³-hybridized carbons (Fsp3) is 0.417. The quantitative estimate of drug-likeness (QED) is 0.811. The van der Waals surface area contributed by atoms with E-state index in [9.17, 15) is 12.8 Å². The predicted molar refractivity (Wildman–Crippen MR) is 63.5 cm³/mol. The normalized spacial score (nSPS) is 11.1. The van der Waals surface area contributed by atoms with Crippen LogP contribution >= 0.6 is 0 Å². The van der Waals surface area contributed by atoms with E-state index in [0.29, 0.717) is 6.42 Å². The van der Waals surface area contributed by atoms with Crippen molar-refractivity contribution in [2.24, 2.45) is 0 Å². The maximum Gasteiger partial charge on any atom is 0.154 e. The second kappa shape index (κ2) is 5.78. The van der Waals surface area contributed by atoms with Crippen LogP contribution in [0.1, 0.15) is 30.9 Å². The highest BCUT2D eigenvalue weighted by Gasteiger charge is 2.14. The minimum Gasteiger partial charge on any atom is -0.228 e. The average molecular weight is 255 g/mol. The van der Waals surface area contributed by atoms with Gasteiger partial charge in [0.1, 0.15) is 5.82 Å². The molecule has 0 spiro atoms. The van der Waals surface area contributed by atoms with Gasteiger partial charge in [-0.15, -0.1) is 0 Å². The van der Waals surface area contributed by atoms with Crippen molar-refractivity contribution in [2.75, 3.05) is 5.75 Å². The minimum absolute atomic E-state index is 0.0743. The lowest BCUT2D eigenvalue weighted by Crippen LogP contribution is -2.10. The Bertz CT molecular complexity index is 532. The van der Waals surface area contributed by atoms with E-state index in [-0.39, 0.29) is 22.6 Å². The van der Waals surface area contributed by atoms with Crippen LogP contribution in [0.4, 0.5) is 4.39 Å². The van der Waals surface area contributed by atoms with Gasteiger partial charge < -0.3 is 0 Å². The van der Waals surface area contributed by atoms with Crippen LogP contribution in [-0.2, 0) is 15.6 Å². The number of hydrogen-bond acceptors (Lipinski definition) is 3. The molecule has 5 heteroatoms. The fourth-order valence-electron chi connectivity index (χ4n) is 1.46. The van der Waals surface area contributed by atoms with Crippen LogP contribution < -0.4 is 0 Å². The number of benzene rings is 1. The third kappa shape index (κ3) is 4.16. The Morgan fingerprint density at radius 2 is 2.12 bits per heavy atom. The Balaban J connectivity index is 2.95. The molecular formula is C12H14FNO2S. The SMILES string of the molecule is CCCCS(=O)(=O)Cc1cc(F)ccc1C#N. The molecule has 0 amide bonds. The van der Waals surface area contributed by atoms with E-state index >= 15 is 0 Å². The third-order valence-electron chi connectivity index (χ3n) is 2.37. The molecule has 0 unspecified atom stereocenters. The number of hydrogen-bond donors (Lipinski definition) is 0. The minimum atomic E-state index is -3.26. The smallest absolute Gasteiger partial charge is 0.154 e. The number of halogens is 1. The Labute approximate surface area is 101 Å². The Hall–Kier alpha value is -1.41. The van der Waals surface area contributed by atoms with Crippen LogP contribution in [0.3, 0.4) is 0 Å². The zero-order valence-corrected chi connectivity index (χ0v) is 10.4. The number of unbranched alkanes of at least 4 members (excludes halogenated alkanes) is 1. The number of sulfone groups is 1. The molecule has 0 aliphatic heterocycles. The van der Waals surface area contributed by atoms with E-state index in [1.54, 1.807) is 0 Å². The summed E-state index contributed by atoms with van der Waals surface area (Å²) in [6.45, 7) is 1.90. The van der Waals surface area contributed by atoms with Gasteiger partial charge in [0.25, 0.3) is 0 Å². The van der Waals surface area contributed by atoms with Crippen molar-refractivity contribution in [3.05, 3.63) is 35.1 Å². The average Bonchev–Trinajstić information content (AvgIpc) is 2.26. The Morgan fingerprint density at radius 1 is 1.41 bits per heavy atom. The molecule has 17 heavy (non-hydrogen) atoms. The molecule has 0 aliphatic rings. The van der Waals surface area contributed by atoms with Gasteiger partial charge in [0.2, 0.25) is 0 Å². The summed E-state index contributed by atoms with van der Waals surface area (Å²) in [5, 5.41) is 8.81. The van der Waals surface area contributed by atoms with Gasteiger partial charge in [-0.3, -0.25) is 0 Å². The summed E-state index contributed by atoms with van der Waals surface area (Å²) in [5.74, 6) is -0.719. The fourth-order valence-corrected chi connectivity index (χ4v) is 3.05. The lowest BCUT2D eigenvalue weighted by Gasteiger charge is -2.05. The molecule has 0 aromatic heterocycles. The molecule has 0 aliphatic carbocycles. The molecular weight excluding hydrogens is 241 g/mol. The molecule has 92 valence electrons. The molecule has 1 aromatic rings. The van der Waals surface area contributed by atoms with Crippen molar-refractivity contribution in [3.8, 4) is 6.07 Å². The Kier molecular flexibility index (Phi) is 4.64. The molecule has 1 aromatic carbocycles. The first-order valence-electron chi connectivity index (χ1n) is 5.37. The highest BCUT2D eigenvalue weighted by molar-refractivity contribution is 7.90. The molecule has 0 radical (unpaired) electrons. The van der Waals surface area contributed by atoms with E-state index in [1.807, 2.05) is 13.0 Å². The maximum absolute atomic E-state index is 13.0. The molecule has 0 saturated carbocycles. The summed E-state index contributed by atoms with van der Waals surface area (Å²) in [4.78, 5) is 0. The van der Waals surface area contributed by atoms with Gasteiger partial charge in [-0.05, 0) is 30.2 Å². The molecule has 0 bridgehead atoms. The number of nitrogens with zero attached hydrogens (tertiary/aromatic N) is 1. The topological polar surface area (TPSA) is 57.9 Å². The van der Waals surface area contributed by atoms with E-state index in [0.717, 1.165) is 18.6 Å². The van der Waals surface area contributed by atoms with Gasteiger partial charge in [-0.25, -0.2) is 12.8 Å². The first-order valence-corrected chi connectivity index (χ1v) is 7.19. The second-order valence-electron chi connectivity index (χ2n) is 3.86. The van der Waals surface area contributed by atoms with Crippen molar-refractivity contribution in [1.29, 1.82) is 5.26 Å². The summed E-state index contributed by atoms with van der Waals surface area (Å²) in [5.41, 5.74) is 0.454. The lowest BCUT2D eigenvalue weighted by atomic mass is 10.1. The number of rotatable bonds is 5. The highest BCUT2D eigenvalue weighted by Crippen LogP contribution is 2.15. The summed E-state index contributed by atoms with van der Waals surface area (Å²) >= 11 is 0. The highest BCUT2D eigenvalue weighted by atomic mass is 32.2. The van der Waals surface area contributed by atoms with Gasteiger partial charge in [-0.2, -0.15) is 5.26 Å². The van der Waals surface area contributed by atoms with Crippen LogP contribution in [0.15, 0.2) is 18.2 Å². The second-order valence-corrected chi connectivity index (χ2v) is 6.04. The summed E-state index contributed by atoms with van der Waals surface area (Å²) in [7, 11) is -3.26. The summed E-state index contributed by atoms with van der Waals surface area (Å²) < 4.78 is 36.4. The van der Waals surface area contributed by atoms with Gasteiger partial charge in [0.05, 0.1) is 23.1 Å². The van der Waals surface area contributed by atoms with E-state index < -0.39 is 15.7 Å². The molecule has 0 N–H and O–H groups in total. The first-order chi connectivity index (χ1) is 7.98. The third-order valence-corrected chi connectivity index (χ3v) is 4.03. The molecule has 0 fully saturated rings. The predicted octanol–water partition coefficient (Wildman–Crippen LogP) is 2.41. The number of nitriles is 1. The molecule has 0 saturated heterocycles. The monoisotopic (exact) mass is 255 g/mol. The van der Waals surface area contributed by atoms with Crippen molar-refractivity contribution in [2.45, 2.75) is 25.5 Å². The Morgan fingerprint density at radius 3 is 2.71 bits per heavy atom. The van der Waals surface area contributed by atoms with Gasteiger partial charge in [-0.1, -0.05) is 13.3 Å². The van der Waals surface area contributed by atoms with Crippen molar-refractivity contribution in [3.63, 3.8) is 0 Å². The molecule has 3 nitrogen and oxygen atoms in total. The van der Waals surface area contributed by atoms with E-state index in [2.05, 4.69) is 0 Å². The zero-order chi connectivity index (χ0) is 12.9. The molecule has 0 atom stereocenters. The summed E-state index contributed by atoms with van der Waals surface area (Å²) in [6, 6.07) is 5.44. The van der Waals surface area contributed by atoms with Crippen molar-refractivity contribution < 1.29 is 12.8 Å².